The number of nitrogens with two attached hydrogens (primary N) is 1. The van der Waals surface area contributed by atoms with Crippen molar-refractivity contribution in [1.29, 1.82) is 0 Å². The van der Waals surface area contributed by atoms with E-state index in [1.54, 1.807) is 0 Å². The molecule has 0 saturated carbocycles. The number of aromatic nitrogens is 2. The van der Waals surface area contributed by atoms with Gasteiger partial charge in [0.2, 0.25) is 0 Å². The van der Waals surface area contributed by atoms with Crippen LogP contribution in [0.2, 0.25) is 0 Å². The molecule has 0 aliphatic heterocycles. The summed E-state index contributed by atoms with van der Waals surface area (Å²) in [4.78, 5) is 0. The molecule has 0 bridgehead atoms. The van der Waals surface area contributed by atoms with E-state index < -0.39 is 0 Å². The molecule has 0 spiro atoms. The van der Waals surface area contributed by atoms with Crippen LogP contribution in [0.5, 0.6) is 0 Å². The molecule has 1 rings (SSSR count). The second-order valence-corrected chi connectivity index (χ2v) is 5.78. The summed E-state index contributed by atoms with van der Waals surface area (Å²) in [6.45, 7) is 9.65. The normalized spacial score (nSPS) is 14.1. The molecule has 0 saturated heterocycles. The lowest BCUT2D eigenvalue weighted by atomic mass is 9.81. The Labute approximate surface area is 107 Å². The highest BCUT2D eigenvalue weighted by atomic mass is 79.9. The van der Waals surface area contributed by atoms with Gasteiger partial charge < -0.3 is 5.73 Å². The second-order valence-electron chi connectivity index (χ2n) is 4.92. The van der Waals surface area contributed by atoms with Crippen molar-refractivity contribution in [2.24, 2.45) is 11.1 Å². The van der Waals surface area contributed by atoms with E-state index in [-0.39, 0.29) is 11.5 Å². The molecule has 0 fully saturated rings. The summed E-state index contributed by atoms with van der Waals surface area (Å²) in [7, 11) is 0. The van der Waals surface area contributed by atoms with Crippen molar-refractivity contribution in [2.75, 3.05) is 0 Å². The summed E-state index contributed by atoms with van der Waals surface area (Å²) in [6, 6.07) is 0.0147. The van der Waals surface area contributed by atoms with Crippen molar-refractivity contribution in [2.45, 2.75) is 53.1 Å². The maximum absolute atomic E-state index is 6.37. The average molecular weight is 288 g/mol. The van der Waals surface area contributed by atoms with Crippen LogP contribution in [0.4, 0.5) is 0 Å². The van der Waals surface area contributed by atoms with Crippen LogP contribution in [0.1, 0.15) is 52.3 Å². The van der Waals surface area contributed by atoms with Gasteiger partial charge in [-0.3, -0.25) is 4.68 Å². The van der Waals surface area contributed by atoms with Crippen LogP contribution in [0.25, 0.3) is 0 Å². The summed E-state index contributed by atoms with van der Waals surface area (Å²) >= 11 is 3.55. The maximum Gasteiger partial charge on any atom is 0.0698 e. The van der Waals surface area contributed by atoms with Crippen molar-refractivity contribution in [1.82, 2.24) is 9.78 Å². The molecule has 1 unspecified atom stereocenters. The highest BCUT2D eigenvalue weighted by Gasteiger charge is 2.30. The SMILES string of the molecule is CCCn1ncc(Br)c1C(N)C(C)(C)CC. The molecule has 2 N–H and O–H groups in total. The van der Waals surface area contributed by atoms with Gasteiger partial charge in [-0.1, -0.05) is 27.7 Å². The minimum Gasteiger partial charge on any atom is -0.322 e. The van der Waals surface area contributed by atoms with E-state index in [9.17, 15) is 0 Å². The number of halogens is 1. The third-order valence-electron chi connectivity index (χ3n) is 3.32. The molecule has 1 aromatic heterocycles. The fraction of sp³-hybridized carbons (Fsp3) is 0.750. The number of aryl methyl sites for hydroxylation is 1. The predicted octanol–water partition coefficient (Wildman–Crippen LogP) is 3.49. The Morgan fingerprint density at radius 2 is 2.12 bits per heavy atom. The van der Waals surface area contributed by atoms with E-state index in [2.05, 4.69) is 48.7 Å². The summed E-state index contributed by atoms with van der Waals surface area (Å²) in [5.74, 6) is 0. The molecule has 1 heterocycles. The topological polar surface area (TPSA) is 43.8 Å². The van der Waals surface area contributed by atoms with E-state index in [4.69, 9.17) is 5.73 Å². The van der Waals surface area contributed by atoms with Gasteiger partial charge in [0.25, 0.3) is 0 Å². The monoisotopic (exact) mass is 287 g/mol. The highest BCUT2D eigenvalue weighted by molar-refractivity contribution is 9.10. The van der Waals surface area contributed by atoms with Gasteiger partial charge >= 0.3 is 0 Å². The molecule has 0 radical (unpaired) electrons. The van der Waals surface area contributed by atoms with Gasteiger partial charge in [-0.15, -0.1) is 0 Å². The van der Waals surface area contributed by atoms with E-state index in [1.807, 2.05) is 10.9 Å². The zero-order chi connectivity index (χ0) is 12.3. The van der Waals surface area contributed by atoms with E-state index in [0.717, 1.165) is 29.6 Å². The Kier molecular flexibility index (Phi) is 4.56. The van der Waals surface area contributed by atoms with E-state index in [0.29, 0.717) is 0 Å². The molecule has 0 amide bonds. The molecular weight excluding hydrogens is 266 g/mol. The van der Waals surface area contributed by atoms with Gasteiger partial charge in [-0.05, 0) is 34.2 Å². The third-order valence-corrected chi connectivity index (χ3v) is 3.93. The Bertz CT molecular complexity index is 344. The Morgan fingerprint density at radius 3 is 2.62 bits per heavy atom. The lowest BCUT2D eigenvalue weighted by Crippen LogP contribution is -2.31. The molecule has 0 aromatic carbocycles. The smallest absolute Gasteiger partial charge is 0.0698 e. The first-order chi connectivity index (χ1) is 7.44. The van der Waals surface area contributed by atoms with Gasteiger partial charge in [0.05, 0.1) is 22.4 Å². The minimum atomic E-state index is 0.0147. The van der Waals surface area contributed by atoms with E-state index in [1.165, 1.54) is 0 Å². The quantitative estimate of drug-likeness (QED) is 0.901. The molecule has 16 heavy (non-hydrogen) atoms. The fourth-order valence-corrected chi connectivity index (χ4v) is 2.20. The summed E-state index contributed by atoms with van der Waals surface area (Å²) in [5, 5.41) is 4.36. The average Bonchev–Trinajstić information content (AvgIpc) is 2.59. The second kappa shape index (κ2) is 5.32. The summed E-state index contributed by atoms with van der Waals surface area (Å²) in [6.07, 6.45) is 3.97. The van der Waals surface area contributed by atoms with Crippen LogP contribution in [0.3, 0.4) is 0 Å². The molecule has 3 nitrogen and oxygen atoms in total. The Morgan fingerprint density at radius 1 is 1.50 bits per heavy atom. The largest absolute Gasteiger partial charge is 0.322 e. The van der Waals surface area contributed by atoms with Crippen LogP contribution in [0, 0.1) is 5.41 Å². The van der Waals surface area contributed by atoms with Gasteiger partial charge in [0.15, 0.2) is 0 Å². The number of hydrogen-bond donors (Lipinski definition) is 1. The molecule has 0 aliphatic carbocycles. The molecule has 0 aliphatic rings. The third kappa shape index (κ3) is 2.66. The number of hydrogen-bond acceptors (Lipinski definition) is 2. The lowest BCUT2D eigenvalue weighted by Gasteiger charge is -2.31. The van der Waals surface area contributed by atoms with Crippen molar-refractivity contribution in [3.63, 3.8) is 0 Å². The predicted molar refractivity (Wildman–Crippen MR) is 71.2 cm³/mol. The van der Waals surface area contributed by atoms with Crippen LogP contribution in [-0.2, 0) is 6.54 Å². The summed E-state index contributed by atoms with van der Waals surface area (Å²) < 4.78 is 3.04. The first kappa shape index (κ1) is 13.7. The van der Waals surface area contributed by atoms with E-state index >= 15 is 0 Å². The molecule has 1 atom stereocenters. The lowest BCUT2D eigenvalue weighted by molar-refractivity contribution is 0.265. The van der Waals surface area contributed by atoms with Gasteiger partial charge in [0.1, 0.15) is 0 Å². The fourth-order valence-electron chi connectivity index (χ4n) is 1.66. The van der Waals surface area contributed by atoms with Crippen molar-refractivity contribution in [3.05, 3.63) is 16.4 Å². The van der Waals surface area contributed by atoms with Crippen molar-refractivity contribution >= 4 is 15.9 Å². The highest BCUT2D eigenvalue weighted by Crippen LogP contribution is 2.37. The first-order valence-electron chi connectivity index (χ1n) is 5.90. The summed E-state index contributed by atoms with van der Waals surface area (Å²) in [5.41, 5.74) is 7.58. The zero-order valence-electron chi connectivity index (χ0n) is 10.6. The Hall–Kier alpha value is -0.350. The number of rotatable bonds is 5. The van der Waals surface area contributed by atoms with Gasteiger partial charge in [0, 0.05) is 6.54 Å². The van der Waals surface area contributed by atoms with Crippen LogP contribution in [-0.4, -0.2) is 9.78 Å². The molecular formula is C12H22BrN3. The van der Waals surface area contributed by atoms with Crippen molar-refractivity contribution in [3.8, 4) is 0 Å². The van der Waals surface area contributed by atoms with Crippen LogP contribution >= 0.6 is 15.9 Å². The standard InChI is InChI=1S/C12H22BrN3/c1-5-7-16-10(9(13)8-15-16)11(14)12(3,4)6-2/h8,11H,5-7,14H2,1-4H3. The van der Waals surface area contributed by atoms with Crippen LogP contribution in [0.15, 0.2) is 10.7 Å². The number of nitrogens with zero attached hydrogens (tertiary/aromatic N) is 2. The first-order valence-corrected chi connectivity index (χ1v) is 6.70. The zero-order valence-corrected chi connectivity index (χ0v) is 12.2. The Balaban J connectivity index is 3.06. The molecule has 92 valence electrons. The van der Waals surface area contributed by atoms with Crippen LogP contribution < -0.4 is 5.73 Å². The molecule has 1 aromatic rings. The van der Waals surface area contributed by atoms with Crippen molar-refractivity contribution < 1.29 is 0 Å². The molecule has 4 heteroatoms. The maximum atomic E-state index is 6.37. The minimum absolute atomic E-state index is 0.0147. The van der Waals surface area contributed by atoms with Gasteiger partial charge in [-0.25, -0.2) is 0 Å². The van der Waals surface area contributed by atoms with Gasteiger partial charge in [-0.2, -0.15) is 5.10 Å².